The number of carbonyl (C=O) groups is 2. The Labute approximate surface area is 184 Å². The van der Waals surface area contributed by atoms with E-state index in [4.69, 9.17) is 0 Å². The largest absolute Gasteiger partial charge is 0.446 e. The molecule has 2 aromatic rings. The number of carbonyl (C=O) groups excluding carboxylic acids is 2. The number of nitrogens with one attached hydrogen (secondary N) is 3. The van der Waals surface area contributed by atoms with Gasteiger partial charge in [0.25, 0.3) is 0 Å². The van der Waals surface area contributed by atoms with E-state index in [1.165, 1.54) is 18.5 Å². The molecule has 1 saturated carbocycles. The lowest BCUT2D eigenvalue weighted by Gasteiger charge is -2.31. The van der Waals surface area contributed by atoms with Crippen molar-refractivity contribution >= 4 is 23.6 Å². The average Bonchev–Trinajstić information content (AvgIpc) is 3.58. The molecule has 3 N–H and O–H groups in total. The van der Waals surface area contributed by atoms with Gasteiger partial charge >= 0.3 is 5.51 Å². The van der Waals surface area contributed by atoms with Gasteiger partial charge in [0.1, 0.15) is 12.0 Å². The minimum atomic E-state index is -4.60. The number of aromatic nitrogens is 2. The van der Waals surface area contributed by atoms with Crippen molar-refractivity contribution in [2.45, 2.75) is 47.9 Å². The number of hydrogen-bond acceptors (Lipinski definition) is 6. The van der Waals surface area contributed by atoms with Crippen LogP contribution in [0.5, 0.6) is 0 Å². The van der Waals surface area contributed by atoms with Crippen molar-refractivity contribution in [2.75, 3.05) is 0 Å². The van der Waals surface area contributed by atoms with Crippen LogP contribution in [0.2, 0.25) is 0 Å². The SMILES string of the molecule is O=C1CC(C(=O)N[C@@H](c2ccc(SC(F)(F)F)c(F)c2)C2CC2)NC(c2ncccn2)N1. The second-order valence-electron chi connectivity index (χ2n) is 7.59. The first-order chi connectivity index (χ1) is 15.2. The van der Waals surface area contributed by atoms with Crippen molar-refractivity contribution < 1.29 is 27.2 Å². The molecule has 1 aromatic carbocycles. The summed E-state index contributed by atoms with van der Waals surface area (Å²) in [5.74, 6) is -1.47. The normalized spacial score (nSPS) is 22.2. The Morgan fingerprint density at radius 3 is 2.56 bits per heavy atom. The van der Waals surface area contributed by atoms with E-state index in [1.807, 2.05) is 0 Å². The van der Waals surface area contributed by atoms with Crippen molar-refractivity contribution in [2.24, 2.45) is 5.92 Å². The monoisotopic (exact) mass is 469 g/mol. The van der Waals surface area contributed by atoms with Gasteiger partial charge in [-0.25, -0.2) is 14.4 Å². The summed E-state index contributed by atoms with van der Waals surface area (Å²) in [7, 11) is 0. The number of rotatable bonds is 6. The van der Waals surface area contributed by atoms with Crippen molar-refractivity contribution in [1.29, 1.82) is 0 Å². The summed E-state index contributed by atoms with van der Waals surface area (Å²) in [5.41, 5.74) is -4.22. The molecule has 1 aliphatic carbocycles. The molecule has 170 valence electrons. The second kappa shape index (κ2) is 9.02. The maximum atomic E-state index is 14.3. The number of nitrogens with zero attached hydrogens (tertiary/aromatic N) is 2. The Balaban J connectivity index is 1.48. The molecular weight excluding hydrogens is 450 g/mol. The lowest BCUT2D eigenvalue weighted by Crippen LogP contribution is -2.57. The topological polar surface area (TPSA) is 96.0 Å². The Kier molecular flexibility index (Phi) is 6.33. The molecule has 2 heterocycles. The van der Waals surface area contributed by atoms with Gasteiger partial charge in [-0.2, -0.15) is 13.2 Å². The van der Waals surface area contributed by atoms with Crippen LogP contribution in [-0.2, 0) is 9.59 Å². The summed E-state index contributed by atoms with van der Waals surface area (Å²) >= 11 is -0.522. The van der Waals surface area contributed by atoms with Crippen molar-refractivity contribution in [3.8, 4) is 0 Å². The third-order valence-electron chi connectivity index (χ3n) is 5.16. The summed E-state index contributed by atoms with van der Waals surface area (Å²) in [6, 6.07) is 3.67. The number of thioether (sulfide) groups is 1. The van der Waals surface area contributed by atoms with Crippen LogP contribution in [0.4, 0.5) is 17.6 Å². The fourth-order valence-corrected chi connectivity index (χ4v) is 4.09. The number of benzene rings is 1. The van der Waals surface area contributed by atoms with E-state index in [1.54, 1.807) is 6.07 Å². The highest BCUT2D eigenvalue weighted by atomic mass is 32.2. The molecule has 0 spiro atoms. The first kappa shape index (κ1) is 22.5. The highest BCUT2D eigenvalue weighted by molar-refractivity contribution is 8.00. The van der Waals surface area contributed by atoms with E-state index in [0.717, 1.165) is 25.0 Å². The van der Waals surface area contributed by atoms with Crippen LogP contribution >= 0.6 is 11.8 Å². The van der Waals surface area contributed by atoms with E-state index < -0.39 is 52.1 Å². The van der Waals surface area contributed by atoms with Gasteiger partial charge in [0.15, 0.2) is 5.82 Å². The standard InChI is InChI=1S/C20H19F4N5O2S/c21-12-8-11(4-5-14(12)32-20(22,23)24)16(10-2-3-10)29-19(31)13-9-15(30)28-18(27-13)17-25-6-1-7-26-17/h1,4-8,10,13,16,18,27H,2-3,9H2,(H,28,30)(H,29,31)/t13?,16-,18?/m1/s1. The zero-order chi connectivity index (χ0) is 22.9. The molecule has 2 amide bonds. The average molecular weight is 469 g/mol. The van der Waals surface area contributed by atoms with Crippen molar-refractivity contribution in [1.82, 2.24) is 25.9 Å². The molecule has 12 heteroatoms. The smallest absolute Gasteiger partial charge is 0.348 e. The molecule has 2 fully saturated rings. The van der Waals surface area contributed by atoms with Crippen LogP contribution in [0.1, 0.15) is 42.9 Å². The second-order valence-corrected chi connectivity index (χ2v) is 8.70. The van der Waals surface area contributed by atoms with Crippen molar-refractivity contribution in [3.05, 3.63) is 53.9 Å². The van der Waals surface area contributed by atoms with Crippen LogP contribution in [0, 0.1) is 11.7 Å². The molecule has 7 nitrogen and oxygen atoms in total. The zero-order valence-electron chi connectivity index (χ0n) is 16.5. The third kappa shape index (κ3) is 5.54. The van der Waals surface area contributed by atoms with Crippen molar-refractivity contribution in [3.63, 3.8) is 0 Å². The summed E-state index contributed by atoms with van der Waals surface area (Å²) < 4.78 is 52.0. The number of alkyl halides is 3. The van der Waals surface area contributed by atoms with Gasteiger partial charge in [-0.05, 0) is 54.3 Å². The zero-order valence-corrected chi connectivity index (χ0v) is 17.3. The lowest BCUT2D eigenvalue weighted by atomic mass is 10.0. The minimum absolute atomic E-state index is 0.0464. The van der Waals surface area contributed by atoms with Crippen LogP contribution in [0.3, 0.4) is 0 Å². The summed E-state index contributed by atoms with van der Waals surface area (Å²) in [4.78, 5) is 32.7. The lowest BCUT2D eigenvalue weighted by molar-refractivity contribution is -0.132. The number of amides is 2. The van der Waals surface area contributed by atoms with Crippen LogP contribution in [0.25, 0.3) is 0 Å². The van der Waals surface area contributed by atoms with E-state index in [2.05, 4.69) is 25.9 Å². The van der Waals surface area contributed by atoms with Gasteiger partial charge in [0.05, 0.1) is 23.4 Å². The number of halogens is 4. The maximum absolute atomic E-state index is 14.3. The van der Waals surface area contributed by atoms with Gasteiger partial charge in [-0.1, -0.05) is 6.07 Å². The molecule has 1 aliphatic heterocycles. The summed E-state index contributed by atoms with van der Waals surface area (Å²) in [6.07, 6.45) is 3.76. The molecule has 0 bridgehead atoms. The van der Waals surface area contributed by atoms with Crippen LogP contribution in [-0.4, -0.2) is 33.3 Å². The van der Waals surface area contributed by atoms with Crippen LogP contribution in [0.15, 0.2) is 41.6 Å². The molecule has 2 unspecified atom stereocenters. The molecular formula is C20H19F4N5O2S. The molecule has 3 atom stereocenters. The van der Waals surface area contributed by atoms with Gasteiger partial charge in [0.2, 0.25) is 11.8 Å². The number of hydrogen-bond donors (Lipinski definition) is 3. The molecule has 1 aromatic heterocycles. The Bertz CT molecular complexity index is 1000. The van der Waals surface area contributed by atoms with Gasteiger partial charge < -0.3 is 10.6 Å². The molecule has 1 saturated heterocycles. The summed E-state index contributed by atoms with van der Waals surface area (Å²) in [5, 5.41) is 8.50. The molecule has 0 radical (unpaired) electrons. The minimum Gasteiger partial charge on any atom is -0.348 e. The van der Waals surface area contributed by atoms with Gasteiger partial charge in [0, 0.05) is 12.4 Å². The molecule has 2 aliphatic rings. The maximum Gasteiger partial charge on any atom is 0.446 e. The highest BCUT2D eigenvalue weighted by Crippen LogP contribution is 2.43. The predicted octanol–water partition coefficient (Wildman–Crippen LogP) is 2.97. The fraction of sp³-hybridized carbons (Fsp3) is 0.400. The Morgan fingerprint density at radius 2 is 1.94 bits per heavy atom. The van der Waals surface area contributed by atoms with E-state index in [-0.39, 0.29) is 18.2 Å². The Hall–Kier alpha value is -2.73. The van der Waals surface area contributed by atoms with E-state index >= 15 is 0 Å². The van der Waals surface area contributed by atoms with E-state index in [9.17, 15) is 27.2 Å². The first-order valence-corrected chi connectivity index (χ1v) is 10.7. The Morgan fingerprint density at radius 1 is 1.22 bits per heavy atom. The van der Waals surface area contributed by atoms with Gasteiger partial charge in [-0.3, -0.25) is 14.9 Å². The van der Waals surface area contributed by atoms with Gasteiger partial charge in [-0.15, -0.1) is 0 Å². The molecule has 32 heavy (non-hydrogen) atoms. The third-order valence-corrected chi connectivity index (χ3v) is 5.94. The van der Waals surface area contributed by atoms with E-state index in [0.29, 0.717) is 11.4 Å². The quantitative estimate of drug-likeness (QED) is 0.445. The molecule has 4 rings (SSSR count). The first-order valence-electron chi connectivity index (χ1n) is 9.87. The predicted molar refractivity (Wildman–Crippen MR) is 106 cm³/mol. The van der Waals surface area contributed by atoms with Crippen LogP contribution < -0.4 is 16.0 Å². The fourth-order valence-electron chi connectivity index (χ4n) is 3.55. The highest BCUT2D eigenvalue weighted by Gasteiger charge is 2.38. The summed E-state index contributed by atoms with van der Waals surface area (Å²) in [6.45, 7) is 0.